The SMILES string of the molecule is Cc1cn(-c2cccc(I)c2)c(NCC(C)C)n1. The number of rotatable bonds is 4. The van der Waals surface area contributed by atoms with Crippen molar-refractivity contribution in [2.45, 2.75) is 20.8 Å². The summed E-state index contributed by atoms with van der Waals surface area (Å²) in [5.41, 5.74) is 2.17. The summed E-state index contributed by atoms with van der Waals surface area (Å²) in [5, 5.41) is 3.40. The van der Waals surface area contributed by atoms with Crippen LogP contribution in [0.5, 0.6) is 0 Å². The van der Waals surface area contributed by atoms with Gasteiger partial charge in [-0.1, -0.05) is 19.9 Å². The Morgan fingerprint density at radius 3 is 2.83 bits per heavy atom. The first kappa shape index (κ1) is 13.4. The Balaban J connectivity index is 2.32. The van der Waals surface area contributed by atoms with Crippen LogP contribution < -0.4 is 5.32 Å². The summed E-state index contributed by atoms with van der Waals surface area (Å²) >= 11 is 2.33. The molecule has 0 saturated carbocycles. The van der Waals surface area contributed by atoms with E-state index in [1.165, 1.54) is 3.57 Å². The fraction of sp³-hybridized carbons (Fsp3) is 0.357. The zero-order chi connectivity index (χ0) is 13.1. The lowest BCUT2D eigenvalue weighted by Gasteiger charge is -2.11. The molecule has 0 atom stereocenters. The van der Waals surface area contributed by atoms with Gasteiger partial charge in [0.1, 0.15) is 0 Å². The van der Waals surface area contributed by atoms with Crippen LogP contribution in [-0.4, -0.2) is 16.1 Å². The van der Waals surface area contributed by atoms with E-state index in [9.17, 15) is 0 Å². The minimum absolute atomic E-state index is 0.603. The molecule has 1 aromatic carbocycles. The van der Waals surface area contributed by atoms with Crippen LogP contribution in [0, 0.1) is 16.4 Å². The van der Waals surface area contributed by atoms with Gasteiger partial charge in [-0.3, -0.25) is 4.57 Å². The van der Waals surface area contributed by atoms with Crippen LogP contribution in [0.3, 0.4) is 0 Å². The van der Waals surface area contributed by atoms with Crippen molar-refractivity contribution in [3.63, 3.8) is 0 Å². The highest BCUT2D eigenvalue weighted by Gasteiger charge is 2.07. The predicted octanol–water partition coefficient (Wildman–Crippen LogP) is 3.85. The maximum atomic E-state index is 4.54. The zero-order valence-corrected chi connectivity index (χ0v) is 13.1. The van der Waals surface area contributed by atoms with Gasteiger partial charge < -0.3 is 5.32 Å². The van der Waals surface area contributed by atoms with E-state index in [-0.39, 0.29) is 0 Å². The molecule has 0 aliphatic rings. The molecule has 0 bridgehead atoms. The summed E-state index contributed by atoms with van der Waals surface area (Å²) in [6.07, 6.45) is 2.06. The van der Waals surface area contributed by atoms with E-state index in [1.54, 1.807) is 0 Å². The summed E-state index contributed by atoms with van der Waals surface area (Å²) in [5.74, 6) is 1.52. The zero-order valence-electron chi connectivity index (χ0n) is 10.9. The second kappa shape index (κ2) is 5.73. The van der Waals surface area contributed by atoms with Crippen LogP contribution in [0.15, 0.2) is 30.5 Å². The highest BCUT2D eigenvalue weighted by atomic mass is 127. The smallest absolute Gasteiger partial charge is 0.207 e. The highest BCUT2D eigenvalue weighted by molar-refractivity contribution is 14.1. The third-order valence-electron chi connectivity index (χ3n) is 2.58. The lowest BCUT2D eigenvalue weighted by Crippen LogP contribution is -2.12. The van der Waals surface area contributed by atoms with Crippen molar-refractivity contribution in [2.24, 2.45) is 5.92 Å². The number of aromatic nitrogens is 2. The molecule has 0 fully saturated rings. The third-order valence-corrected chi connectivity index (χ3v) is 3.25. The summed E-state index contributed by atoms with van der Waals surface area (Å²) in [6.45, 7) is 7.34. The molecule has 2 rings (SSSR count). The Bertz CT molecular complexity index is 532. The molecule has 0 amide bonds. The maximum Gasteiger partial charge on any atom is 0.207 e. The van der Waals surface area contributed by atoms with Crippen LogP contribution in [0.1, 0.15) is 19.5 Å². The topological polar surface area (TPSA) is 29.9 Å². The number of anilines is 1. The molecular formula is C14H18IN3. The Kier molecular flexibility index (Phi) is 4.27. The van der Waals surface area contributed by atoms with Crippen LogP contribution in [0.25, 0.3) is 5.69 Å². The Labute approximate surface area is 122 Å². The van der Waals surface area contributed by atoms with Crippen LogP contribution in [-0.2, 0) is 0 Å². The molecule has 3 nitrogen and oxygen atoms in total. The number of hydrogen-bond acceptors (Lipinski definition) is 2. The largest absolute Gasteiger partial charge is 0.355 e. The van der Waals surface area contributed by atoms with Crippen molar-refractivity contribution in [2.75, 3.05) is 11.9 Å². The molecule has 0 radical (unpaired) electrons. The number of nitrogens with one attached hydrogen (secondary N) is 1. The van der Waals surface area contributed by atoms with Gasteiger partial charge in [-0.05, 0) is 53.6 Å². The Morgan fingerprint density at radius 2 is 2.17 bits per heavy atom. The second-order valence-electron chi connectivity index (χ2n) is 4.83. The molecule has 0 saturated heterocycles. The van der Waals surface area contributed by atoms with Crippen molar-refractivity contribution >= 4 is 28.5 Å². The molecule has 1 N–H and O–H groups in total. The predicted molar refractivity (Wildman–Crippen MR) is 84.3 cm³/mol. The van der Waals surface area contributed by atoms with Crippen molar-refractivity contribution in [1.29, 1.82) is 0 Å². The van der Waals surface area contributed by atoms with Crippen LogP contribution >= 0.6 is 22.6 Å². The molecular weight excluding hydrogens is 337 g/mol. The van der Waals surface area contributed by atoms with Crippen molar-refractivity contribution in [1.82, 2.24) is 9.55 Å². The third kappa shape index (κ3) is 3.25. The molecule has 18 heavy (non-hydrogen) atoms. The summed E-state index contributed by atoms with van der Waals surface area (Å²) in [4.78, 5) is 4.54. The van der Waals surface area contributed by atoms with Crippen molar-refractivity contribution < 1.29 is 0 Å². The number of aryl methyl sites for hydroxylation is 1. The van der Waals surface area contributed by atoms with E-state index in [1.807, 2.05) is 6.92 Å². The molecule has 0 unspecified atom stereocenters. The van der Waals surface area contributed by atoms with E-state index in [0.29, 0.717) is 5.92 Å². The summed E-state index contributed by atoms with van der Waals surface area (Å²) in [6, 6.07) is 8.42. The maximum absolute atomic E-state index is 4.54. The molecule has 4 heteroatoms. The molecule has 0 spiro atoms. The second-order valence-corrected chi connectivity index (χ2v) is 6.08. The number of halogens is 1. The Morgan fingerprint density at radius 1 is 1.39 bits per heavy atom. The van der Waals surface area contributed by atoms with Gasteiger partial charge in [0.2, 0.25) is 5.95 Å². The van der Waals surface area contributed by atoms with Gasteiger partial charge in [-0.15, -0.1) is 0 Å². The molecule has 2 aromatic rings. The monoisotopic (exact) mass is 355 g/mol. The molecule has 0 aliphatic carbocycles. The average Bonchev–Trinajstić information content (AvgIpc) is 2.68. The van der Waals surface area contributed by atoms with Gasteiger partial charge in [0.25, 0.3) is 0 Å². The highest BCUT2D eigenvalue weighted by Crippen LogP contribution is 2.18. The summed E-state index contributed by atoms with van der Waals surface area (Å²) in [7, 11) is 0. The van der Waals surface area contributed by atoms with Gasteiger partial charge in [-0.25, -0.2) is 4.98 Å². The number of imidazole rings is 1. The first-order chi connectivity index (χ1) is 8.56. The normalized spacial score (nSPS) is 10.9. The molecule has 0 aliphatic heterocycles. The van der Waals surface area contributed by atoms with Crippen molar-refractivity contribution in [3.8, 4) is 5.69 Å². The molecule has 1 heterocycles. The standard InChI is InChI=1S/C14H18IN3/c1-10(2)8-16-14-17-11(3)9-18(14)13-6-4-5-12(15)7-13/h4-7,9-10H,8H2,1-3H3,(H,16,17). The van der Waals surface area contributed by atoms with Gasteiger partial charge in [0, 0.05) is 22.0 Å². The van der Waals surface area contributed by atoms with Gasteiger partial charge in [-0.2, -0.15) is 0 Å². The van der Waals surface area contributed by atoms with E-state index < -0.39 is 0 Å². The molecule has 1 aromatic heterocycles. The minimum atomic E-state index is 0.603. The fourth-order valence-corrected chi connectivity index (χ4v) is 2.27. The van der Waals surface area contributed by atoms with Crippen LogP contribution in [0.2, 0.25) is 0 Å². The minimum Gasteiger partial charge on any atom is -0.355 e. The van der Waals surface area contributed by atoms with E-state index in [2.05, 4.69) is 81.8 Å². The Hall–Kier alpha value is -1.04. The first-order valence-corrected chi connectivity index (χ1v) is 7.20. The molecule has 96 valence electrons. The van der Waals surface area contributed by atoms with Gasteiger partial charge in [0.05, 0.1) is 5.69 Å². The lowest BCUT2D eigenvalue weighted by molar-refractivity contribution is 0.683. The average molecular weight is 355 g/mol. The lowest BCUT2D eigenvalue weighted by atomic mass is 10.2. The van der Waals surface area contributed by atoms with Gasteiger partial charge >= 0.3 is 0 Å². The van der Waals surface area contributed by atoms with Crippen LogP contribution in [0.4, 0.5) is 5.95 Å². The fourth-order valence-electron chi connectivity index (χ4n) is 1.74. The number of hydrogen-bond donors (Lipinski definition) is 1. The first-order valence-electron chi connectivity index (χ1n) is 6.12. The summed E-state index contributed by atoms with van der Waals surface area (Å²) < 4.78 is 3.34. The number of nitrogens with zero attached hydrogens (tertiary/aromatic N) is 2. The van der Waals surface area contributed by atoms with E-state index >= 15 is 0 Å². The van der Waals surface area contributed by atoms with Gasteiger partial charge in [0.15, 0.2) is 0 Å². The van der Waals surface area contributed by atoms with E-state index in [4.69, 9.17) is 0 Å². The number of benzene rings is 1. The quantitative estimate of drug-likeness (QED) is 0.845. The van der Waals surface area contributed by atoms with Crippen molar-refractivity contribution in [3.05, 3.63) is 39.7 Å². The van der Waals surface area contributed by atoms with E-state index in [0.717, 1.165) is 23.9 Å².